The Morgan fingerprint density at radius 1 is 0.750 bits per heavy atom. The van der Waals surface area contributed by atoms with E-state index in [4.69, 9.17) is 0 Å². The second-order valence-corrected chi connectivity index (χ2v) is 7.03. The number of hydrogen-bond donors (Lipinski definition) is 0. The van der Waals surface area contributed by atoms with Gasteiger partial charge in [0, 0.05) is 16.8 Å². The Balaban J connectivity index is 1.95. The maximum absolute atomic E-state index is 2.41. The van der Waals surface area contributed by atoms with Crippen molar-refractivity contribution in [1.82, 2.24) is 0 Å². The Bertz CT molecular complexity index is 858. The third-order valence-electron chi connectivity index (χ3n) is 5.25. The van der Waals surface area contributed by atoms with Crippen LogP contribution < -0.4 is 15.1 Å². The quantitative estimate of drug-likeness (QED) is 0.653. The predicted molar refractivity (Wildman–Crippen MR) is 107 cm³/mol. The van der Waals surface area contributed by atoms with E-state index in [0.29, 0.717) is 5.92 Å². The molecule has 1 heterocycles. The SMILES string of the molecule is CC(C)c1ccccc1B1N(C)c2cccc3cccc(c23)N1C. The lowest BCUT2D eigenvalue weighted by Gasteiger charge is -2.41. The molecular weight excluding hydrogens is 291 g/mol. The molecule has 3 aromatic carbocycles. The van der Waals surface area contributed by atoms with E-state index in [9.17, 15) is 0 Å². The van der Waals surface area contributed by atoms with Crippen molar-refractivity contribution in [3.63, 3.8) is 0 Å². The van der Waals surface area contributed by atoms with Gasteiger partial charge < -0.3 is 9.62 Å². The minimum Gasteiger partial charge on any atom is -0.394 e. The zero-order valence-corrected chi connectivity index (χ0v) is 14.8. The number of hydrogen-bond acceptors (Lipinski definition) is 2. The zero-order chi connectivity index (χ0) is 16.8. The van der Waals surface area contributed by atoms with Crippen molar-refractivity contribution in [3.8, 4) is 0 Å². The van der Waals surface area contributed by atoms with E-state index in [2.05, 4.69) is 98.2 Å². The Hall–Kier alpha value is -2.42. The molecule has 0 aromatic heterocycles. The van der Waals surface area contributed by atoms with Crippen molar-refractivity contribution in [2.75, 3.05) is 23.7 Å². The Labute approximate surface area is 144 Å². The topological polar surface area (TPSA) is 6.48 Å². The van der Waals surface area contributed by atoms with Gasteiger partial charge in [-0.3, -0.25) is 0 Å². The first kappa shape index (κ1) is 15.1. The van der Waals surface area contributed by atoms with Gasteiger partial charge in [0.2, 0.25) is 0 Å². The van der Waals surface area contributed by atoms with E-state index in [0.717, 1.165) is 0 Å². The van der Waals surface area contributed by atoms with Gasteiger partial charge in [-0.05, 0) is 48.6 Å². The molecule has 1 aliphatic heterocycles. The molecule has 0 N–H and O–H groups in total. The summed E-state index contributed by atoms with van der Waals surface area (Å²) in [6, 6.07) is 22.1. The lowest BCUT2D eigenvalue weighted by Crippen LogP contribution is -2.60. The molecule has 3 heteroatoms. The van der Waals surface area contributed by atoms with Crippen molar-refractivity contribution in [2.24, 2.45) is 0 Å². The molecule has 0 spiro atoms. The van der Waals surface area contributed by atoms with Crippen molar-refractivity contribution in [2.45, 2.75) is 19.8 Å². The molecule has 0 fully saturated rings. The van der Waals surface area contributed by atoms with Crippen LogP contribution in [0.1, 0.15) is 25.3 Å². The first-order chi connectivity index (χ1) is 11.6. The summed E-state index contributed by atoms with van der Waals surface area (Å²) in [6.07, 6.45) is 0. The molecular formula is C21H23BN2. The molecule has 0 saturated heterocycles. The van der Waals surface area contributed by atoms with Crippen LogP contribution in [0.5, 0.6) is 0 Å². The highest BCUT2D eigenvalue weighted by Crippen LogP contribution is 2.39. The van der Waals surface area contributed by atoms with Crippen molar-refractivity contribution < 1.29 is 0 Å². The van der Waals surface area contributed by atoms with Crippen LogP contribution in [0.3, 0.4) is 0 Å². The highest BCUT2D eigenvalue weighted by Gasteiger charge is 2.36. The van der Waals surface area contributed by atoms with Crippen LogP contribution in [0, 0.1) is 0 Å². The van der Waals surface area contributed by atoms with Crippen LogP contribution in [-0.2, 0) is 0 Å². The minimum atomic E-state index is 0.212. The summed E-state index contributed by atoms with van der Waals surface area (Å²) in [6.45, 7) is 4.76. The summed E-state index contributed by atoms with van der Waals surface area (Å²) in [7, 11) is 4.42. The predicted octanol–water partition coefficient (Wildman–Crippen LogP) is 4.24. The fourth-order valence-electron chi connectivity index (χ4n) is 4.10. The number of anilines is 2. The van der Waals surface area contributed by atoms with Gasteiger partial charge in [-0.1, -0.05) is 62.4 Å². The first-order valence-electron chi connectivity index (χ1n) is 8.66. The van der Waals surface area contributed by atoms with E-state index < -0.39 is 0 Å². The van der Waals surface area contributed by atoms with Crippen LogP contribution in [0.15, 0.2) is 60.7 Å². The summed E-state index contributed by atoms with van der Waals surface area (Å²) in [5.41, 5.74) is 5.44. The second kappa shape index (κ2) is 5.59. The molecule has 0 bridgehead atoms. The summed E-state index contributed by atoms with van der Waals surface area (Å²) >= 11 is 0. The van der Waals surface area contributed by atoms with Gasteiger partial charge in [-0.15, -0.1) is 0 Å². The van der Waals surface area contributed by atoms with Gasteiger partial charge in [-0.2, -0.15) is 0 Å². The average molecular weight is 314 g/mol. The minimum absolute atomic E-state index is 0.212. The highest BCUT2D eigenvalue weighted by atomic mass is 15.2. The lowest BCUT2D eigenvalue weighted by molar-refractivity contribution is 0.872. The van der Waals surface area contributed by atoms with Crippen molar-refractivity contribution in [1.29, 1.82) is 0 Å². The fraction of sp³-hybridized carbons (Fsp3) is 0.238. The first-order valence-corrected chi connectivity index (χ1v) is 8.66. The van der Waals surface area contributed by atoms with Gasteiger partial charge >= 0.3 is 6.98 Å². The van der Waals surface area contributed by atoms with Crippen molar-refractivity contribution in [3.05, 3.63) is 66.2 Å². The zero-order valence-electron chi connectivity index (χ0n) is 14.8. The molecule has 1 aliphatic rings. The largest absolute Gasteiger partial charge is 0.411 e. The maximum Gasteiger partial charge on any atom is 0.411 e. The third kappa shape index (κ3) is 2.11. The molecule has 0 radical (unpaired) electrons. The number of rotatable bonds is 2. The monoisotopic (exact) mass is 314 g/mol. The third-order valence-corrected chi connectivity index (χ3v) is 5.25. The van der Waals surface area contributed by atoms with Crippen LogP contribution in [0.25, 0.3) is 10.8 Å². The molecule has 24 heavy (non-hydrogen) atoms. The summed E-state index contributed by atoms with van der Waals surface area (Å²) in [5, 5.41) is 2.66. The Morgan fingerprint density at radius 3 is 1.92 bits per heavy atom. The molecule has 120 valence electrons. The fourth-order valence-corrected chi connectivity index (χ4v) is 4.10. The van der Waals surface area contributed by atoms with Crippen LogP contribution in [0.2, 0.25) is 0 Å². The standard InChI is InChI=1S/C21H23BN2/c1-15(2)17-11-5-6-12-18(17)22-23(3)19-13-7-9-16-10-8-14-20(21(16)19)24(22)4/h5-15H,1-4H3. The lowest BCUT2D eigenvalue weighted by atomic mass is 9.59. The molecule has 0 saturated carbocycles. The second-order valence-electron chi connectivity index (χ2n) is 7.03. The molecule has 4 rings (SSSR count). The van der Waals surface area contributed by atoms with Gasteiger partial charge in [0.25, 0.3) is 0 Å². The highest BCUT2D eigenvalue weighted by molar-refractivity contribution is 6.81. The Morgan fingerprint density at radius 2 is 1.33 bits per heavy atom. The number of benzene rings is 3. The summed E-state index contributed by atoms with van der Waals surface area (Å²) in [4.78, 5) is 4.83. The van der Waals surface area contributed by atoms with Crippen molar-refractivity contribution >= 4 is 34.6 Å². The smallest absolute Gasteiger partial charge is 0.394 e. The molecule has 3 aromatic rings. The molecule has 0 atom stereocenters. The van der Waals surface area contributed by atoms with Crippen LogP contribution >= 0.6 is 0 Å². The van der Waals surface area contributed by atoms with Crippen LogP contribution in [-0.4, -0.2) is 21.1 Å². The van der Waals surface area contributed by atoms with E-state index in [1.807, 2.05) is 0 Å². The normalized spacial score (nSPS) is 14.0. The van der Waals surface area contributed by atoms with E-state index in [1.54, 1.807) is 0 Å². The molecule has 0 aliphatic carbocycles. The molecule has 0 unspecified atom stereocenters. The van der Waals surface area contributed by atoms with E-state index in [1.165, 1.54) is 33.2 Å². The molecule has 0 amide bonds. The van der Waals surface area contributed by atoms with Gasteiger partial charge in [0.1, 0.15) is 0 Å². The summed E-state index contributed by atoms with van der Waals surface area (Å²) in [5.74, 6) is 0.510. The Kier molecular flexibility index (Phi) is 3.52. The number of nitrogens with zero attached hydrogens (tertiary/aromatic N) is 2. The summed E-state index contributed by atoms with van der Waals surface area (Å²) < 4.78 is 0. The average Bonchev–Trinajstić information content (AvgIpc) is 2.60. The molecule has 2 nitrogen and oxygen atoms in total. The van der Waals surface area contributed by atoms with Gasteiger partial charge in [-0.25, -0.2) is 0 Å². The van der Waals surface area contributed by atoms with Crippen LogP contribution in [0.4, 0.5) is 11.4 Å². The van der Waals surface area contributed by atoms with Gasteiger partial charge in [0.05, 0.1) is 0 Å². The van der Waals surface area contributed by atoms with E-state index in [-0.39, 0.29) is 6.98 Å². The van der Waals surface area contributed by atoms with E-state index >= 15 is 0 Å². The van der Waals surface area contributed by atoms with Gasteiger partial charge in [0.15, 0.2) is 0 Å². The maximum atomic E-state index is 2.41.